The lowest BCUT2D eigenvalue weighted by atomic mass is 9.91. The van der Waals surface area contributed by atoms with E-state index in [0.717, 1.165) is 42.8 Å². The van der Waals surface area contributed by atoms with Gasteiger partial charge in [0.15, 0.2) is 0 Å². The summed E-state index contributed by atoms with van der Waals surface area (Å²) in [6.07, 6.45) is 2.64. The molecule has 4 rings (SSSR count). The summed E-state index contributed by atoms with van der Waals surface area (Å²) in [7, 11) is 0. The van der Waals surface area contributed by atoms with Crippen LogP contribution in [0.2, 0.25) is 0 Å². The van der Waals surface area contributed by atoms with Crippen LogP contribution in [0.5, 0.6) is 0 Å². The van der Waals surface area contributed by atoms with E-state index in [9.17, 15) is 4.79 Å². The summed E-state index contributed by atoms with van der Waals surface area (Å²) in [5.41, 5.74) is 4.19. The first kappa shape index (κ1) is 15.9. The van der Waals surface area contributed by atoms with E-state index in [0.29, 0.717) is 12.3 Å². The zero-order valence-corrected chi connectivity index (χ0v) is 14.1. The normalized spacial score (nSPS) is 15.4. The number of rotatable bonds is 4. The van der Waals surface area contributed by atoms with Crippen molar-refractivity contribution in [2.45, 2.75) is 25.2 Å². The number of aromatic amines is 1. The number of nitrogens with one attached hydrogen (secondary N) is 2. The van der Waals surface area contributed by atoms with E-state index in [1.54, 1.807) is 0 Å². The Morgan fingerprint density at radius 3 is 2.32 bits per heavy atom. The molecule has 0 bridgehead atoms. The standard InChI is InChI=1S/C21H22N2O2/c24-21-19(20(25-23-21)18-10-12-22-13-11-18)14-15-6-8-17(9-7-15)16-4-2-1-3-5-16/h1-9,18,22H,10-14H2,(H,23,24). The van der Waals surface area contributed by atoms with Gasteiger partial charge in [0.05, 0.1) is 5.56 Å². The van der Waals surface area contributed by atoms with Crippen LogP contribution >= 0.6 is 0 Å². The van der Waals surface area contributed by atoms with Crippen LogP contribution in [0.4, 0.5) is 0 Å². The second-order valence-corrected chi connectivity index (χ2v) is 6.64. The van der Waals surface area contributed by atoms with E-state index >= 15 is 0 Å². The van der Waals surface area contributed by atoms with Gasteiger partial charge in [-0.05, 0) is 42.6 Å². The Bertz CT molecular complexity index is 872. The summed E-state index contributed by atoms with van der Waals surface area (Å²) < 4.78 is 5.53. The molecule has 2 aromatic carbocycles. The Morgan fingerprint density at radius 1 is 0.920 bits per heavy atom. The highest BCUT2D eigenvalue weighted by Crippen LogP contribution is 2.28. The summed E-state index contributed by atoms with van der Waals surface area (Å²) in [5, 5.41) is 5.89. The molecule has 0 aliphatic carbocycles. The minimum Gasteiger partial charge on any atom is -0.383 e. The maximum atomic E-state index is 12.2. The van der Waals surface area contributed by atoms with Gasteiger partial charge in [-0.15, -0.1) is 0 Å². The van der Waals surface area contributed by atoms with Crippen LogP contribution < -0.4 is 10.9 Å². The molecule has 0 radical (unpaired) electrons. The average Bonchev–Trinajstić information content (AvgIpc) is 3.04. The predicted molar refractivity (Wildman–Crippen MR) is 98.9 cm³/mol. The van der Waals surface area contributed by atoms with Gasteiger partial charge in [-0.3, -0.25) is 4.79 Å². The Balaban J connectivity index is 1.56. The van der Waals surface area contributed by atoms with Gasteiger partial charge < -0.3 is 9.84 Å². The average molecular weight is 334 g/mol. The molecule has 1 saturated heterocycles. The number of hydrogen-bond acceptors (Lipinski definition) is 3. The maximum absolute atomic E-state index is 12.2. The molecule has 0 unspecified atom stereocenters. The van der Waals surface area contributed by atoms with Gasteiger partial charge >= 0.3 is 0 Å². The van der Waals surface area contributed by atoms with Crippen LogP contribution in [0, 0.1) is 0 Å². The maximum Gasteiger partial charge on any atom is 0.283 e. The fraction of sp³-hybridized carbons (Fsp3) is 0.286. The number of H-pyrrole nitrogens is 1. The van der Waals surface area contributed by atoms with Crippen molar-refractivity contribution >= 4 is 0 Å². The Morgan fingerprint density at radius 2 is 1.60 bits per heavy atom. The highest BCUT2D eigenvalue weighted by atomic mass is 16.5. The van der Waals surface area contributed by atoms with E-state index < -0.39 is 0 Å². The van der Waals surface area contributed by atoms with Crippen molar-refractivity contribution in [3.63, 3.8) is 0 Å². The third-order valence-corrected chi connectivity index (χ3v) is 4.98. The third kappa shape index (κ3) is 3.44. The Labute approximate surface area is 146 Å². The van der Waals surface area contributed by atoms with E-state index in [-0.39, 0.29) is 5.56 Å². The second-order valence-electron chi connectivity index (χ2n) is 6.64. The van der Waals surface area contributed by atoms with Crippen molar-refractivity contribution in [2.75, 3.05) is 13.1 Å². The van der Waals surface area contributed by atoms with Crippen molar-refractivity contribution in [3.8, 4) is 11.1 Å². The molecule has 2 heterocycles. The molecule has 0 atom stereocenters. The molecule has 1 aliphatic rings. The third-order valence-electron chi connectivity index (χ3n) is 4.98. The van der Waals surface area contributed by atoms with Gasteiger partial charge in [0.1, 0.15) is 5.76 Å². The fourth-order valence-electron chi connectivity index (χ4n) is 3.57. The molecule has 1 aromatic heterocycles. The number of aromatic nitrogens is 1. The molecule has 128 valence electrons. The summed E-state index contributed by atoms with van der Waals surface area (Å²) >= 11 is 0. The lowest BCUT2D eigenvalue weighted by Gasteiger charge is -2.21. The van der Waals surface area contributed by atoms with Crippen molar-refractivity contribution in [3.05, 3.63) is 81.8 Å². The topological polar surface area (TPSA) is 58.0 Å². The van der Waals surface area contributed by atoms with E-state index in [2.05, 4.69) is 46.9 Å². The first-order valence-corrected chi connectivity index (χ1v) is 8.86. The van der Waals surface area contributed by atoms with Gasteiger partial charge in [0.25, 0.3) is 5.56 Å². The van der Waals surface area contributed by atoms with Crippen molar-refractivity contribution < 1.29 is 4.52 Å². The molecular formula is C21H22N2O2. The molecule has 0 spiro atoms. The summed E-state index contributed by atoms with van der Waals surface area (Å²) in [6, 6.07) is 18.7. The van der Waals surface area contributed by atoms with Gasteiger partial charge in [0, 0.05) is 12.3 Å². The summed E-state index contributed by atoms with van der Waals surface area (Å²) in [6.45, 7) is 1.95. The van der Waals surface area contributed by atoms with E-state index in [4.69, 9.17) is 4.52 Å². The zero-order chi connectivity index (χ0) is 17.1. The van der Waals surface area contributed by atoms with Crippen LogP contribution in [0.3, 0.4) is 0 Å². The minimum absolute atomic E-state index is 0.0966. The molecule has 1 aliphatic heterocycles. The second kappa shape index (κ2) is 7.11. The zero-order valence-electron chi connectivity index (χ0n) is 14.1. The smallest absolute Gasteiger partial charge is 0.283 e. The number of hydrogen-bond donors (Lipinski definition) is 2. The first-order chi connectivity index (χ1) is 12.3. The molecule has 25 heavy (non-hydrogen) atoms. The fourth-order valence-corrected chi connectivity index (χ4v) is 3.57. The van der Waals surface area contributed by atoms with Crippen molar-refractivity contribution in [1.29, 1.82) is 0 Å². The lowest BCUT2D eigenvalue weighted by Crippen LogP contribution is -2.27. The molecule has 0 saturated carbocycles. The van der Waals surface area contributed by atoms with E-state index in [1.165, 1.54) is 11.1 Å². The summed E-state index contributed by atoms with van der Waals surface area (Å²) in [5.74, 6) is 1.18. The first-order valence-electron chi connectivity index (χ1n) is 8.86. The summed E-state index contributed by atoms with van der Waals surface area (Å²) in [4.78, 5) is 12.2. The quantitative estimate of drug-likeness (QED) is 0.765. The molecule has 2 N–H and O–H groups in total. The van der Waals surface area contributed by atoms with Gasteiger partial charge in [-0.2, -0.15) is 5.16 Å². The van der Waals surface area contributed by atoms with Crippen LogP contribution in [0.25, 0.3) is 11.1 Å². The minimum atomic E-state index is -0.0966. The molecule has 3 aromatic rings. The Kier molecular flexibility index (Phi) is 4.53. The Hall–Kier alpha value is -2.59. The molecule has 4 heteroatoms. The highest BCUT2D eigenvalue weighted by molar-refractivity contribution is 5.63. The highest BCUT2D eigenvalue weighted by Gasteiger charge is 2.24. The monoisotopic (exact) mass is 334 g/mol. The van der Waals surface area contributed by atoms with Gasteiger partial charge in [-0.1, -0.05) is 54.6 Å². The number of piperidine rings is 1. The molecule has 0 amide bonds. The SMILES string of the molecule is O=c1[nH]oc(C2CCNCC2)c1Cc1ccc(-c2ccccc2)cc1. The van der Waals surface area contributed by atoms with Gasteiger partial charge in [0.2, 0.25) is 0 Å². The molecule has 4 nitrogen and oxygen atoms in total. The van der Waals surface area contributed by atoms with Crippen LogP contribution in [-0.2, 0) is 6.42 Å². The number of benzene rings is 2. The predicted octanol–water partition coefficient (Wildman–Crippen LogP) is 3.69. The van der Waals surface area contributed by atoms with Crippen LogP contribution in [-0.4, -0.2) is 18.2 Å². The molecule has 1 fully saturated rings. The van der Waals surface area contributed by atoms with Crippen LogP contribution in [0.1, 0.15) is 35.6 Å². The van der Waals surface area contributed by atoms with Crippen LogP contribution in [0.15, 0.2) is 63.9 Å². The lowest BCUT2D eigenvalue weighted by molar-refractivity contribution is 0.324. The van der Waals surface area contributed by atoms with E-state index in [1.807, 2.05) is 18.2 Å². The van der Waals surface area contributed by atoms with Gasteiger partial charge in [-0.25, -0.2) is 0 Å². The molecular weight excluding hydrogens is 312 g/mol. The van der Waals surface area contributed by atoms with Crippen molar-refractivity contribution in [2.24, 2.45) is 0 Å². The van der Waals surface area contributed by atoms with Crippen molar-refractivity contribution in [1.82, 2.24) is 10.5 Å². The largest absolute Gasteiger partial charge is 0.383 e.